The van der Waals surface area contributed by atoms with Crippen LogP contribution in [0.2, 0.25) is 0 Å². The summed E-state index contributed by atoms with van der Waals surface area (Å²) >= 11 is 0. The van der Waals surface area contributed by atoms with Crippen LogP contribution in [0.5, 0.6) is 0 Å². The molecule has 0 bridgehead atoms. The van der Waals surface area contributed by atoms with E-state index in [1.54, 1.807) is 0 Å². The summed E-state index contributed by atoms with van der Waals surface area (Å²) in [7, 11) is 0. The maximum absolute atomic E-state index is 6.15. The van der Waals surface area contributed by atoms with Crippen molar-refractivity contribution in [3.63, 3.8) is 0 Å². The van der Waals surface area contributed by atoms with Gasteiger partial charge in [-0.3, -0.25) is 4.90 Å². The van der Waals surface area contributed by atoms with Crippen molar-refractivity contribution in [2.75, 3.05) is 13.1 Å². The van der Waals surface area contributed by atoms with E-state index in [1.165, 1.54) is 43.4 Å². The number of benzene rings is 1. The SMILES string of the molecule is CC(C)C1CCCN1C(CN)c1cccc(C2CC2)c1. The van der Waals surface area contributed by atoms with Gasteiger partial charge in [-0.2, -0.15) is 0 Å². The lowest BCUT2D eigenvalue weighted by atomic mass is 9.96. The molecule has 3 rings (SSSR count). The molecule has 2 atom stereocenters. The summed E-state index contributed by atoms with van der Waals surface area (Å²) in [5.41, 5.74) is 9.11. The fourth-order valence-corrected chi connectivity index (χ4v) is 3.82. The average molecular weight is 272 g/mol. The van der Waals surface area contributed by atoms with E-state index in [4.69, 9.17) is 5.73 Å². The Bertz CT molecular complexity index is 450. The minimum atomic E-state index is 0.406. The molecule has 0 amide bonds. The van der Waals surface area contributed by atoms with Crippen molar-refractivity contribution < 1.29 is 0 Å². The zero-order chi connectivity index (χ0) is 14.1. The normalized spacial score (nSPS) is 25.3. The van der Waals surface area contributed by atoms with E-state index in [-0.39, 0.29) is 0 Å². The van der Waals surface area contributed by atoms with Crippen molar-refractivity contribution in [1.29, 1.82) is 0 Å². The van der Waals surface area contributed by atoms with Crippen molar-refractivity contribution in [1.82, 2.24) is 4.90 Å². The minimum Gasteiger partial charge on any atom is -0.329 e. The molecule has 1 saturated carbocycles. The Hall–Kier alpha value is -0.860. The fraction of sp³-hybridized carbons (Fsp3) is 0.667. The first-order valence-electron chi connectivity index (χ1n) is 8.26. The third-order valence-electron chi connectivity index (χ3n) is 5.08. The number of hydrogen-bond donors (Lipinski definition) is 1. The van der Waals surface area contributed by atoms with Crippen molar-refractivity contribution in [3.8, 4) is 0 Å². The van der Waals surface area contributed by atoms with Crippen LogP contribution in [0.15, 0.2) is 24.3 Å². The van der Waals surface area contributed by atoms with E-state index in [0.717, 1.165) is 18.4 Å². The number of nitrogens with two attached hydrogens (primary N) is 1. The van der Waals surface area contributed by atoms with E-state index in [2.05, 4.69) is 43.0 Å². The molecule has 20 heavy (non-hydrogen) atoms. The summed E-state index contributed by atoms with van der Waals surface area (Å²) in [6.45, 7) is 6.63. The molecule has 1 saturated heterocycles. The number of nitrogens with zero attached hydrogens (tertiary/aromatic N) is 1. The molecule has 1 heterocycles. The van der Waals surface area contributed by atoms with E-state index in [1.807, 2.05) is 0 Å². The second kappa shape index (κ2) is 5.87. The molecular formula is C18H28N2. The van der Waals surface area contributed by atoms with Crippen LogP contribution in [0.25, 0.3) is 0 Å². The van der Waals surface area contributed by atoms with Crippen LogP contribution >= 0.6 is 0 Å². The highest BCUT2D eigenvalue weighted by Crippen LogP contribution is 2.41. The van der Waals surface area contributed by atoms with Crippen LogP contribution in [-0.2, 0) is 0 Å². The highest BCUT2D eigenvalue weighted by Gasteiger charge is 2.33. The van der Waals surface area contributed by atoms with E-state index in [0.29, 0.717) is 12.1 Å². The summed E-state index contributed by atoms with van der Waals surface area (Å²) in [5.74, 6) is 1.55. The molecule has 0 aromatic heterocycles. The Morgan fingerprint density at radius 1 is 1.25 bits per heavy atom. The molecule has 110 valence electrons. The molecule has 2 nitrogen and oxygen atoms in total. The molecule has 1 aliphatic heterocycles. The van der Waals surface area contributed by atoms with Gasteiger partial charge in [-0.15, -0.1) is 0 Å². The van der Waals surface area contributed by atoms with Crippen molar-refractivity contribution in [3.05, 3.63) is 35.4 Å². The monoisotopic (exact) mass is 272 g/mol. The van der Waals surface area contributed by atoms with Crippen LogP contribution in [0.1, 0.15) is 62.6 Å². The first kappa shape index (κ1) is 14.1. The summed E-state index contributed by atoms with van der Waals surface area (Å²) in [6.07, 6.45) is 5.39. The quantitative estimate of drug-likeness (QED) is 0.886. The van der Waals surface area contributed by atoms with Gasteiger partial charge >= 0.3 is 0 Å². The lowest BCUT2D eigenvalue weighted by molar-refractivity contribution is 0.149. The van der Waals surface area contributed by atoms with Gasteiger partial charge in [0.15, 0.2) is 0 Å². The van der Waals surface area contributed by atoms with E-state index >= 15 is 0 Å². The first-order chi connectivity index (χ1) is 9.70. The van der Waals surface area contributed by atoms with Crippen molar-refractivity contribution in [2.24, 2.45) is 11.7 Å². The Labute approximate surface area is 123 Å². The molecule has 0 spiro atoms. The van der Waals surface area contributed by atoms with E-state index in [9.17, 15) is 0 Å². The molecular weight excluding hydrogens is 244 g/mol. The maximum atomic E-state index is 6.15. The van der Waals surface area contributed by atoms with Crippen molar-refractivity contribution >= 4 is 0 Å². The highest BCUT2D eigenvalue weighted by atomic mass is 15.2. The zero-order valence-corrected chi connectivity index (χ0v) is 12.9. The summed E-state index contributed by atoms with van der Waals surface area (Å²) in [5, 5.41) is 0. The molecule has 2 aliphatic rings. The first-order valence-corrected chi connectivity index (χ1v) is 8.26. The zero-order valence-electron chi connectivity index (χ0n) is 12.9. The molecule has 0 radical (unpaired) electrons. The third kappa shape index (κ3) is 2.77. The average Bonchev–Trinajstić information content (AvgIpc) is 3.19. The lowest BCUT2D eigenvalue weighted by Gasteiger charge is -2.35. The molecule has 2 fully saturated rings. The molecule has 1 aromatic rings. The summed E-state index contributed by atoms with van der Waals surface area (Å²) in [6, 6.07) is 10.3. The summed E-state index contributed by atoms with van der Waals surface area (Å²) in [4.78, 5) is 2.66. The molecule has 1 aliphatic carbocycles. The van der Waals surface area contributed by atoms with Crippen LogP contribution in [0.3, 0.4) is 0 Å². The van der Waals surface area contributed by atoms with Gasteiger partial charge < -0.3 is 5.73 Å². The van der Waals surface area contributed by atoms with Gasteiger partial charge in [0, 0.05) is 18.6 Å². The van der Waals surface area contributed by atoms with Gasteiger partial charge in [-0.05, 0) is 55.2 Å². The largest absolute Gasteiger partial charge is 0.329 e. The smallest absolute Gasteiger partial charge is 0.0473 e. The molecule has 2 N–H and O–H groups in total. The van der Waals surface area contributed by atoms with Gasteiger partial charge in [0.25, 0.3) is 0 Å². The van der Waals surface area contributed by atoms with Crippen LogP contribution < -0.4 is 5.73 Å². The Morgan fingerprint density at radius 2 is 2.05 bits per heavy atom. The van der Waals surface area contributed by atoms with Crippen LogP contribution in [-0.4, -0.2) is 24.0 Å². The molecule has 1 aromatic carbocycles. The predicted molar refractivity (Wildman–Crippen MR) is 84.8 cm³/mol. The third-order valence-corrected chi connectivity index (χ3v) is 5.08. The highest BCUT2D eigenvalue weighted by molar-refractivity contribution is 5.31. The number of rotatable bonds is 5. The van der Waals surface area contributed by atoms with Gasteiger partial charge in [0.1, 0.15) is 0 Å². The van der Waals surface area contributed by atoms with Gasteiger partial charge in [-0.25, -0.2) is 0 Å². The maximum Gasteiger partial charge on any atom is 0.0473 e. The predicted octanol–water partition coefficient (Wildman–Crippen LogP) is 3.68. The standard InChI is InChI=1S/C18H28N2/c1-13(2)17-7-4-10-20(17)18(12-19)16-6-3-5-15(11-16)14-8-9-14/h3,5-6,11,13-14,17-18H,4,7-10,12,19H2,1-2H3. The Morgan fingerprint density at radius 3 is 2.70 bits per heavy atom. The van der Waals surface area contributed by atoms with Crippen molar-refractivity contribution in [2.45, 2.75) is 57.5 Å². The minimum absolute atomic E-state index is 0.406. The Kier molecular flexibility index (Phi) is 4.13. The second-order valence-electron chi connectivity index (χ2n) is 6.89. The topological polar surface area (TPSA) is 29.3 Å². The number of likely N-dealkylation sites (tertiary alicyclic amines) is 1. The molecule has 2 heteroatoms. The van der Waals surface area contributed by atoms with Gasteiger partial charge in [0.05, 0.1) is 0 Å². The molecule has 2 unspecified atom stereocenters. The van der Waals surface area contributed by atoms with Gasteiger partial charge in [-0.1, -0.05) is 38.1 Å². The van der Waals surface area contributed by atoms with Gasteiger partial charge in [0.2, 0.25) is 0 Å². The van der Waals surface area contributed by atoms with Crippen LogP contribution in [0, 0.1) is 5.92 Å². The van der Waals surface area contributed by atoms with Crippen LogP contribution in [0.4, 0.5) is 0 Å². The second-order valence-corrected chi connectivity index (χ2v) is 6.89. The lowest BCUT2D eigenvalue weighted by Crippen LogP contribution is -2.40. The Balaban J connectivity index is 1.83. The number of hydrogen-bond acceptors (Lipinski definition) is 2. The fourth-order valence-electron chi connectivity index (χ4n) is 3.82. The summed E-state index contributed by atoms with van der Waals surface area (Å²) < 4.78 is 0. The van der Waals surface area contributed by atoms with E-state index < -0.39 is 0 Å².